The Morgan fingerprint density at radius 3 is 2.19 bits per heavy atom. The van der Waals surface area contributed by atoms with Gasteiger partial charge in [-0.2, -0.15) is 0 Å². The van der Waals surface area contributed by atoms with Crippen LogP contribution in [-0.2, 0) is 9.59 Å². The average Bonchev–Trinajstić information content (AvgIpc) is 3.03. The van der Waals surface area contributed by atoms with E-state index in [2.05, 4.69) is 11.9 Å². The first-order valence-electron chi connectivity index (χ1n) is 9.41. The van der Waals surface area contributed by atoms with Crippen LogP contribution in [-0.4, -0.2) is 51.7 Å². The van der Waals surface area contributed by atoms with Gasteiger partial charge in [0.1, 0.15) is 17.2 Å². The second kappa shape index (κ2) is 9.25. The minimum absolute atomic E-state index is 0.0827. The molecule has 3 rings (SSSR count). The van der Waals surface area contributed by atoms with E-state index in [0.717, 1.165) is 4.90 Å². The van der Waals surface area contributed by atoms with E-state index < -0.39 is 11.8 Å². The van der Waals surface area contributed by atoms with Gasteiger partial charge in [-0.05, 0) is 29.8 Å². The van der Waals surface area contributed by atoms with Crippen LogP contribution in [0.25, 0.3) is 5.57 Å². The van der Waals surface area contributed by atoms with Gasteiger partial charge >= 0.3 is 0 Å². The van der Waals surface area contributed by atoms with Gasteiger partial charge in [-0.3, -0.25) is 14.5 Å². The molecule has 2 amide bonds. The Bertz CT molecular complexity index is 1060. The molecule has 0 aromatic heterocycles. The fraction of sp³-hybridized carbons (Fsp3) is 0.217. The molecule has 8 nitrogen and oxygen atoms in total. The highest BCUT2D eigenvalue weighted by Crippen LogP contribution is 2.37. The van der Waals surface area contributed by atoms with Crippen molar-refractivity contribution in [1.82, 2.24) is 4.90 Å². The first-order valence-corrected chi connectivity index (χ1v) is 9.41. The third-order valence-electron chi connectivity index (χ3n) is 4.82. The topological polar surface area (TPSA) is 86.3 Å². The quantitative estimate of drug-likeness (QED) is 0.489. The zero-order valence-electron chi connectivity index (χ0n) is 17.9. The summed E-state index contributed by atoms with van der Waals surface area (Å²) in [6.07, 6.45) is 1.50. The third kappa shape index (κ3) is 4.05. The standard InChI is InChI=1S/C23H24N2O6/c1-6-11-25-22(26)20(14-7-10-17(29-3)19(12-14)31-5)21(23(25)27)24-16-9-8-15(28-2)13-18(16)30-4/h6-10,12-13,24H,1,11H2,2-5H3. The Kier molecular flexibility index (Phi) is 6.49. The number of nitrogens with zero attached hydrogens (tertiary/aromatic N) is 1. The van der Waals surface area contributed by atoms with Crippen LogP contribution in [0, 0.1) is 0 Å². The SMILES string of the molecule is C=CCN1C(=O)C(Nc2ccc(OC)cc2OC)=C(c2ccc(OC)c(OC)c2)C1=O. The van der Waals surface area contributed by atoms with Gasteiger partial charge in [-0.15, -0.1) is 6.58 Å². The lowest BCUT2D eigenvalue weighted by atomic mass is 10.0. The first-order chi connectivity index (χ1) is 15.0. The number of ether oxygens (including phenoxy) is 4. The highest BCUT2D eigenvalue weighted by Gasteiger charge is 2.39. The Labute approximate surface area is 180 Å². The molecule has 0 saturated carbocycles. The number of hydrogen-bond acceptors (Lipinski definition) is 7. The molecule has 0 atom stereocenters. The van der Waals surface area contributed by atoms with Gasteiger partial charge in [-0.25, -0.2) is 0 Å². The smallest absolute Gasteiger partial charge is 0.278 e. The van der Waals surface area contributed by atoms with Gasteiger partial charge in [0.25, 0.3) is 11.8 Å². The van der Waals surface area contributed by atoms with Gasteiger partial charge in [-0.1, -0.05) is 12.1 Å². The Morgan fingerprint density at radius 1 is 0.871 bits per heavy atom. The maximum Gasteiger partial charge on any atom is 0.278 e. The maximum absolute atomic E-state index is 13.2. The molecule has 1 heterocycles. The second-order valence-corrected chi connectivity index (χ2v) is 6.52. The molecule has 0 fully saturated rings. The van der Waals surface area contributed by atoms with Crippen molar-refractivity contribution < 1.29 is 28.5 Å². The predicted molar refractivity (Wildman–Crippen MR) is 117 cm³/mol. The molecule has 0 bridgehead atoms. The largest absolute Gasteiger partial charge is 0.497 e. The van der Waals surface area contributed by atoms with E-state index in [4.69, 9.17) is 18.9 Å². The summed E-state index contributed by atoms with van der Waals surface area (Å²) >= 11 is 0. The number of benzene rings is 2. The summed E-state index contributed by atoms with van der Waals surface area (Å²) in [5, 5.41) is 3.08. The molecule has 0 spiro atoms. The Morgan fingerprint density at radius 2 is 1.58 bits per heavy atom. The maximum atomic E-state index is 13.2. The van der Waals surface area contributed by atoms with E-state index in [9.17, 15) is 9.59 Å². The summed E-state index contributed by atoms with van der Waals surface area (Å²) in [4.78, 5) is 27.4. The van der Waals surface area contributed by atoms with Gasteiger partial charge in [0, 0.05) is 12.6 Å². The fourth-order valence-electron chi connectivity index (χ4n) is 3.28. The summed E-state index contributed by atoms with van der Waals surface area (Å²) < 4.78 is 21.3. The lowest BCUT2D eigenvalue weighted by Crippen LogP contribution is -2.32. The van der Waals surface area contributed by atoms with Crippen LogP contribution in [0.1, 0.15) is 5.56 Å². The number of hydrogen-bond donors (Lipinski definition) is 1. The molecule has 8 heteroatoms. The van der Waals surface area contributed by atoms with Crippen LogP contribution in [0.2, 0.25) is 0 Å². The summed E-state index contributed by atoms with van der Waals surface area (Å²) in [6, 6.07) is 10.2. The van der Waals surface area contributed by atoms with Crippen molar-refractivity contribution in [2.24, 2.45) is 0 Å². The van der Waals surface area contributed by atoms with E-state index in [1.54, 1.807) is 43.5 Å². The van der Waals surface area contributed by atoms with Crippen molar-refractivity contribution in [3.05, 3.63) is 60.3 Å². The van der Waals surface area contributed by atoms with Crippen molar-refractivity contribution in [2.75, 3.05) is 40.3 Å². The Hall–Kier alpha value is -3.94. The van der Waals surface area contributed by atoms with E-state index in [-0.39, 0.29) is 17.8 Å². The zero-order valence-corrected chi connectivity index (χ0v) is 17.9. The van der Waals surface area contributed by atoms with Gasteiger partial charge in [0.2, 0.25) is 0 Å². The number of carbonyl (C=O) groups excluding carboxylic acids is 2. The number of imide groups is 1. The number of methoxy groups -OCH3 is 4. The highest BCUT2D eigenvalue weighted by atomic mass is 16.5. The molecule has 0 unspecified atom stereocenters. The zero-order chi connectivity index (χ0) is 22.5. The summed E-state index contributed by atoms with van der Waals surface area (Å²) in [6.45, 7) is 3.72. The Balaban J connectivity index is 2.14. The van der Waals surface area contributed by atoms with E-state index in [0.29, 0.717) is 34.2 Å². The minimum Gasteiger partial charge on any atom is -0.497 e. The van der Waals surface area contributed by atoms with Gasteiger partial charge in [0.15, 0.2) is 11.5 Å². The van der Waals surface area contributed by atoms with Crippen LogP contribution in [0.4, 0.5) is 5.69 Å². The number of carbonyl (C=O) groups is 2. The molecule has 2 aromatic rings. The van der Waals surface area contributed by atoms with E-state index >= 15 is 0 Å². The van der Waals surface area contributed by atoms with Crippen molar-refractivity contribution in [2.45, 2.75) is 0 Å². The molecular formula is C23H24N2O6. The molecule has 0 radical (unpaired) electrons. The summed E-state index contributed by atoms with van der Waals surface area (Å²) in [5.74, 6) is 1.10. The van der Waals surface area contributed by atoms with Crippen molar-refractivity contribution >= 4 is 23.1 Å². The molecule has 0 aliphatic carbocycles. The second-order valence-electron chi connectivity index (χ2n) is 6.52. The lowest BCUT2D eigenvalue weighted by molar-refractivity contribution is -0.136. The highest BCUT2D eigenvalue weighted by molar-refractivity contribution is 6.36. The van der Waals surface area contributed by atoms with Crippen LogP contribution >= 0.6 is 0 Å². The lowest BCUT2D eigenvalue weighted by Gasteiger charge is -2.14. The number of amides is 2. The number of rotatable bonds is 9. The van der Waals surface area contributed by atoms with Gasteiger partial charge < -0.3 is 24.3 Å². The van der Waals surface area contributed by atoms with Gasteiger partial charge in [0.05, 0.1) is 39.7 Å². The molecule has 1 aliphatic rings. The van der Waals surface area contributed by atoms with Crippen LogP contribution < -0.4 is 24.3 Å². The summed E-state index contributed by atoms with van der Waals surface area (Å²) in [5.41, 5.74) is 1.36. The van der Waals surface area contributed by atoms with E-state index in [1.807, 2.05) is 0 Å². The average molecular weight is 424 g/mol. The molecule has 2 aromatic carbocycles. The normalized spacial score (nSPS) is 13.4. The first kappa shape index (κ1) is 21.8. The van der Waals surface area contributed by atoms with Crippen molar-refractivity contribution in [3.63, 3.8) is 0 Å². The fourth-order valence-corrected chi connectivity index (χ4v) is 3.28. The van der Waals surface area contributed by atoms with Crippen LogP contribution in [0.5, 0.6) is 23.0 Å². The predicted octanol–water partition coefficient (Wildman–Crippen LogP) is 3.10. The molecule has 162 valence electrons. The molecule has 1 aliphatic heterocycles. The molecule has 0 saturated heterocycles. The van der Waals surface area contributed by atoms with Crippen molar-refractivity contribution in [3.8, 4) is 23.0 Å². The van der Waals surface area contributed by atoms with Crippen LogP contribution in [0.3, 0.4) is 0 Å². The van der Waals surface area contributed by atoms with Crippen molar-refractivity contribution in [1.29, 1.82) is 0 Å². The number of anilines is 1. The molecular weight excluding hydrogens is 400 g/mol. The monoisotopic (exact) mass is 424 g/mol. The molecule has 1 N–H and O–H groups in total. The van der Waals surface area contributed by atoms with E-state index in [1.165, 1.54) is 27.4 Å². The number of nitrogens with one attached hydrogen (secondary N) is 1. The third-order valence-corrected chi connectivity index (χ3v) is 4.82. The molecule has 31 heavy (non-hydrogen) atoms. The minimum atomic E-state index is -0.465. The van der Waals surface area contributed by atoms with Crippen LogP contribution in [0.15, 0.2) is 54.8 Å². The summed E-state index contributed by atoms with van der Waals surface area (Å²) in [7, 11) is 6.08.